The minimum absolute atomic E-state index is 0.0221. The maximum Gasteiger partial charge on any atom is 0.214 e. The normalized spacial score (nSPS) is 16.5. The molecule has 1 saturated heterocycles. The van der Waals surface area contributed by atoms with Crippen molar-refractivity contribution in [2.45, 2.75) is 31.5 Å². The van der Waals surface area contributed by atoms with Crippen molar-refractivity contribution in [2.75, 3.05) is 13.1 Å². The molecule has 2 atom stereocenters. The number of halogens is 4. The molecule has 1 aromatic heterocycles. The smallest absolute Gasteiger partial charge is 0.214 e. The summed E-state index contributed by atoms with van der Waals surface area (Å²) in [7, 11) is 0. The summed E-state index contributed by atoms with van der Waals surface area (Å²) in [5, 5.41) is 4.63. The van der Waals surface area contributed by atoms with Crippen molar-refractivity contribution in [1.82, 2.24) is 15.0 Å². The first-order valence-electron chi connectivity index (χ1n) is 11.7. The van der Waals surface area contributed by atoms with Crippen molar-refractivity contribution in [3.8, 4) is 11.4 Å². The van der Waals surface area contributed by atoms with Crippen molar-refractivity contribution >= 4 is 27.5 Å². The van der Waals surface area contributed by atoms with Gasteiger partial charge in [0.2, 0.25) is 12.2 Å². The van der Waals surface area contributed by atoms with Gasteiger partial charge in [-0.1, -0.05) is 63.0 Å². The van der Waals surface area contributed by atoms with Gasteiger partial charge >= 0.3 is 0 Å². The van der Waals surface area contributed by atoms with Crippen LogP contribution in [0.15, 0.2) is 82.1 Å². The number of nitrogens with zero attached hydrogens (tertiary/aromatic N) is 3. The summed E-state index contributed by atoms with van der Waals surface area (Å²) < 4.78 is 35.3. The maximum atomic E-state index is 15.5. The molecule has 0 N–H and O–H groups in total. The van der Waals surface area contributed by atoms with Crippen molar-refractivity contribution in [1.29, 1.82) is 0 Å². The molecule has 0 aliphatic carbocycles. The summed E-state index contributed by atoms with van der Waals surface area (Å²) in [5.74, 6) is -0.280. The van der Waals surface area contributed by atoms with E-state index in [-0.39, 0.29) is 17.8 Å². The van der Waals surface area contributed by atoms with Gasteiger partial charge in [0.05, 0.1) is 6.04 Å². The number of likely N-dealkylation sites (tertiary alicyclic amines) is 1. The average Bonchev–Trinajstić information content (AvgIpc) is 3.32. The van der Waals surface area contributed by atoms with Gasteiger partial charge in [0, 0.05) is 34.1 Å². The predicted octanol–water partition coefficient (Wildman–Crippen LogP) is 7.84. The molecule has 1 aliphatic heterocycles. The van der Waals surface area contributed by atoms with Crippen molar-refractivity contribution < 1.29 is 13.3 Å². The Morgan fingerprint density at radius 2 is 1.78 bits per heavy atom. The van der Waals surface area contributed by atoms with Gasteiger partial charge in [-0.15, -0.1) is 0 Å². The zero-order valence-electron chi connectivity index (χ0n) is 19.8. The molecule has 0 saturated carbocycles. The molecule has 36 heavy (non-hydrogen) atoms. The molecule has 186 valence electrons. The highest BCUT2D eigenvalue weighted by molar-refractivity contribution is 9.10. The molecule has 0 spiro atoms. The third kappa shape index (κ3) is 5.24. The first-order chi connectivity index (χ1) is 17.2. The first kappa shape index (κ1) is 25.1. The average molecular weight is 573 g/mol. The van der Waals surface area contributed by atoms with Gasteiger partial charge in [0.1, 0.15) is 11.5 Å². The van der Waals surface area contributed by atoms with Crippen LogP contribution < -0.4 is 0 Å². The fourth-order valence-corrected chi connectivity index (χ4v) is 5.97. The Morgan fingerprint density at radius 1 is 1.03 bits per heavy atom. The van der Waals surface area contributed by atoms with E-state index < -0.39 is 11.6 Å². The summed E-state index contributed by atoms with van der Waals surface area (Å²) in [6, 6.07) is 20.4. The van der Waals surface area contributed by atoms with Crippen molar-refractivity contribution in [2.24, 2.45) is 5.92 Å². The van der Waals surface area contributed by atoms with E-state index in [9.17, 15) is 4.39 Å². The lowest BCUT2D eigenvalue weighted by atomic mass is 9.72. The number of aromatic nitrogens is 2. The molecule has 4 aromatic rings. The Morgan fingerprint density at radius 3 is 2.42 bits per heavy atom. The molecule has 0 radical (unpaired) electrons. The summed E-state index contributed by atoms with van der Waals surface area (Å²) >= 11 is 9.54. The van der Waals surface area contributed by atoms with Crippen LogP contribution in [-0.4, -0.2) is 33.8 Å². The van der Waals surface area contributed by atoms with Crippen LogP contribution in [0, 0.1) is 11.7 Å². The fraction of sp³-hybridized carbons (Fsp3) is 0.286. The Kier molecular flexibility index (Phi) is 6.99. The largest absolute Gasteiger partial charge is 0.342 e. The van der Waals surface area contributed by atoms with Crippen LogP contribution in [0.1, 0.15) is 42.5 Å². The molecule has 8 heteroatoms. The van der Waals surface area contributed by atoms with E-state index >= 15 is 4.39 Å². The van der Waals surface area contributed by atoms with E-state index in [0.717, 1.165) is 16.7 Å². The topological polar surface area (TPSA) is 42.2 Å². The van der Waals surface area contributed by atoms with E-state index in [0.29, 0.717) is 34.0 Å². The third-order valence-electron chi connectivity index (χ3n) is 6.77. The fourth-order valence-electron chi connectivity index (χ4n) is 5.36. The minimum Gasteiger partial charge on any atom is -0.342 e. The van der Waals surface area contributed by atoms with Gasteiger partial charge < -0.3 is 4.52 Å². The second-order valence-corrected chi connectivity index (χ2v) is 11.1. The summed E-state index contributed by atoms with van der Waals surface area (Å²) in [4.78, 5) is 6.49. The Bertz CT molecular complexity index is 1320. The van der Waals surface area contributed by atoms with Gasteiger partial charge in [-0.05, 0) is 72.9 Å². The van der Waals surface area contributed by atoms with E-state index in [1.165, 1.54) is 18.5 Å². The van der Waals surface area contributed by atoms with Gasteiger partial charge in [-0.3, -0.25) is 4.90 Å². The Balaban J connectivity index is 1.47. The van der Waals surface area contributed by atoms with E-state index in [1.54, 1.807) is 13.8 Å². The van der Waals surface area contributed by atoms with Crippen LogP contribution in [0.2, 0.25) is 5.02 Å². The number of hydrogen-bond donors (Lipinski definition) is 0. The SMILES string of the molecule is CC(C)(F)C(c1cc(F)cc(Br)c1)C1CN(C(c2ccc(Cl)cc2)c2cccc(-c3ncon3)c2)C1. The minimum atomic E-state index is -1.52. The summed E-state index contributed by atoms with van der Waals surface area (Å²) in [6.45, 7) is 4.46. The van der Waals surface area contributed by atoms with Gasteiger partial charge in [-0.25, -0.2) is 8.78 Å². The van der Waals surface area contributed by atoms with E-state index in [1.807, 2.05) is 42.5 Å². The van der Waals surface area contributed by atoms with Crippen LogP contribution in [-0.2, 0) is 0 Å². The lowest BCUT2D eigenvalue weighted by Crippen LogP contribution is -2.53. The van der Waals surface area contributed by atoms with Gasteiger partial charge in [0.25, 0.3) is 0 Å². The zero-order chi connectivity index (χ0) is 25.4. The summed E-state index contributed by atoms with van der Waals surface area (Å²) in [5.41, 5.74) is 2.14. The van der Waals surface area contributed by atoms with E-state index in [4.69, 9.17) is 16.1 Å². The third-order valence-corrected chi connectivity index (χ3v) is 7.48. The molecule has 3 aromatic carbocycles. The molecule has 1 fully saturated rings. The highest BCUT2D eigenvalue weighted by Crippen LogP contribution is 2.46. The molecule has 5 rings (SSSR count). The number of rotatable bonds is 7. The Hall–Kier alpha value is -2.61. The van der Waals surface area contributed by atoms with Crippen molar-refractivity contribution in [3.05, 3.63) is 105 Å². The Labute approximate surface area is 222 Å². The molecule has 0 amide bonds. The quantitative estimate of drug-likeness (QED) is 0.226. The predicted molar refractivity (Wildman–Crippen MR) is 140 cm³/mol. The maximum absolute atomic E-state index is 15.5. The highest BCUT2D eigenvalue weighted by atomic mass is 79.9. The summed E-state index contributed by atoms with van der Waals surface area (Å²) in [6.07, 6.45) is 1.31. The van der Waals surface area contributed by atoms with Crippen LogP contribution in [0.25, 0.3) is 11.4 Å². The monoisotopic (exact) mass is 571 g/mol. The van der Waals surface area contributed by atoms with Gasteiger partial charge in [0.15, 0.2) is 0 Å². The second-order valence-electron chi connectivity index (χ2n) is 9.79. The first-order valence-corrected chi connectivity index (χ1v) is 12.9. The van der Waals surface area contributed by atoms with Crippen LogP contribution >= 0.6 is 27.5 Å². The molecule has 2 heterocycles. The molecule has 1 aliphatic rings. The molecule has 4 nitrogen and oxygen atoms in total. The second kappa shape index (κ2) is 10.0. The van der Waals surface area contributed by atoms with Gasteiger partial charge in [-0.2, -0.15) is 4.98 Å². The number of benzene rings is 3. The highest BCUT2D eigenvalue weighted by Gasteiger charge is 2.45. The van der Waals surface area contributed by atoms with Crippen molar-refractivity contribution in [3.63, 3.8) is 0 Å². The number of alkyl halides is 1. The van der Waals surface area contributed by atoms with Crippen LogP contribution in [0.5, 0.6) is 0 Å². The van der Waals surface area contributed by atoms with Crippen LogP contribution in [0.4, 0.5) is 8.78 Å². The zero-order valence-corrected chi connectivity index (χ0v) is 22.2. The molecular weight excluding hydrogens is 548 g/mol. The molecule has 0 bridgehead atoms. The molecule has 2 unspecified atom stereocenters. The molecular formula is C28H25BrClF2N3O. The standard InChI is InChI=1S/C28H25BrClF2N3O/c1-28(2,32)25(20-11-22(29)13-24(31)12-20)21-14-35(15-21)26(17-6-8-23(30)9-7-17)18-4-3-5-19(10-18)27-33-16-36-34-27/h3-13,16,21,25-26H,14-15H2,1-2H3. The lowest BCUT2D eigenvalue weighted by molar-refractivity contribution is 0.00812. The number of hydrogen-bond acceptors (Lipinski definition) is 4. The lowest BCUT2D eigenvalue weighted by Gasteiger charge is -2.50. The van der Waals surface area contributed by atoms with E-state index in [2.05, 4.69) is 43.1 Å². The van der Waals surface area contributed by atoms with Crippen LogP contribution in [0.3, 0.4) is 0 Å².